The zero-order chi connectivity index (χ0) is 14.1. The van der Waals surface area contributed by atoms with Gasteiger partial charge in [-0.05, 0) is 25.2 Å². The highest BCUT2D eigenvalue weighted by Crippen LogP contribution is 2.48. The van der Waals surface area contributed by atoms with Gasteiger partial charge in [-0.1, -0.05) is 58.3 Å². The van der Waals surface area contributed by atoms with Crippen LogP contribution in [-0.4, -0.2) is 17.6 Å². The Morgan fingerprint density at radius 1 is 1.11 bits per heavy atom. The SMILES string of the molecule is CCCCCCCCCCC(CN)(C(=O)O)C1CC1. The Labute approximate surface area is 118 Å². The third kappa shape index (κ3) is 5.13. The van der Waals surface area contributed by atoms with Crippen LogP contribution in [0.4, 0.5) is 0 Å². The van der Waals surface area contributed by atoms with Crippen molar-refractivity contribution in [2.75, 3.05) is 6.54 Å². The van der Waals surface area contributed by atoms with Crippen molar-refractivity contribution < 1.29 is 9.90 Å². The largest absolute Gasteiger partial charge is 0.481 e. The summed E-state index contributed by atoms with van der Waals surface area (Å²) in [6, 6.07) is 0. The molecular formula is C16H31NO2. The lowest BCUT2D eigenvalue weighted by Gasteiger charge is -2.27. The van der Waals surface area contributed by atoms with Crippen LogP contribution in [0.1, 0.15) is 77.6 Å². The van der Waals surface area contributed by atoms with Gasteiger partial charge in [0.1, 0.15) is 0 Å². The first-order valence-electron chi connectivity index (χ1n) is 8.11. The summed E-state index contributed by atoms with van der Waals surface area (Å²) in [6.45, 7) is 2.54. The molecule has 3 heteroatoms. The Balaban J connectivity index is 2.14. The molecule has 1 rings (SSSR count). The molecule has 1 fully saturated rings. The average molecular weight is 269 g/mol. The van der Waals surface area contributed by atoms with Gasteiger partial charge >= 0.3 is 5.97 Å². The summed E-state index contributed by atoms with van der Waals surface area (Å²) in [5.41, 5.74) is 5.16. The van der Waals surface area contributed by atoms with Crippen molar-refractivity contribution in [3.05, 3.63) is 0 Å². The van der Waals surface area contributed by atoms with Gasteiger partial charge in [-0.25, -0.2) is 0 Å². The van der Waals surface area contributed by atoms with Gasteiger partial charge in [0.25, 0.3) is 0 Å². The minimum atomic E-state index is -0.666. The lowest BCUT2D eigenvalue weighted by Crippen LogP contribution is -2.40. The molecule has 1 unspecified atom stereocenters. The van der Waals surface area contributed by atoms with E-state index in [4.69, 9.17) is 5.73 Å². The fourth-order valence-corrected chi connectivity index (χ4v) is 3.05. The molecular weight excluding hydrogens is 238 g/mol. The molecule has 0 bridgehead atoms. The topological polar surface area (TPSA) is 63.3 Å². The third-order valence-corrected chi connectivity index (χ3v) is 4.63. The van der Waals surface area contributed by atoms with E-state index in [0.717, 1.165) is 32.1 Å². The van der Waals surface area contributed by atoms with Crippen molar-refractivity contribution in [2.24, 2.45) is 17.1 Å². The van der Waals surface area contributed by atoms with Gasteiger partial charge in [-0.3, -0.25) is 4.79 Å². The quantitative estimate of drug-likeness (QED) is 0.527. The Morgan fingerprint density at radius 3 is 2.05 bits per heavy atom. The number of aliphatic carboxylic acids is 1. The Hall–Kier alpha value is -0.570. The van der Waals surface area contributed by atoms with E-state index >= 15 is 0 Å². The van der Waals surface area contributed by atoms with E-state index in [2.05, 4.69) is 6.92 Å². The molecule has 3 nitrogen and oxygen atoms in total. The molecule has 0 aromatic carbocycles. The summed E-state index contributed by atoms with van der Waals surface area (Å²) in [6.07, 6.45) is 12.9. The molecule has 1 aliphatic rings. The number of carboxylic acid groups (broad SMARTS) is 1. The van der Waals surface area contributed by atoms with Gasteiger partial charge in [0.05, 0.1) is 5.41 Å². The van der Waals surface area contributed by atoms with Crippen molar-refractivity contribution >= 4 is 5.97 Å². The zero-order valence-electron chi connectivity index (χ0n) is 12.5. The van der Waals surface area contributed by atoms with Gasteiger partial charge in [0, 0.05) is 6.54 Å². The van der Waals surface area contributed by atoms with Crippen molar-refractivity contribution in [3.63, 3.8) is 0 Å². The molecule has 0 aromatic heterocycles. The maximum Gasteiger partial charge on any atom is 0.311 e. The minimum Gasteiger partial charge on any atom is -0.481 e. The normalized spacial score (nSPS) is 18.2. The third-order valence-electron chi connectivity index (χ3n) is 4.63. The van der Waals surface area contributed by atoms with Crippen LogP contribution in [0.2, 0.25) is 0 Å². The van der Waals surface area contributed by atoms with Gasteiger partial charge in [-0.2, -0.15) is 0 Å². The Bertz CT molecular complexity index is 263. The van der Waals surface area contributed by atoms with E-state index in [1.807, 2.05) is 0 Å². The lowest BCUT2D eigenvalue weighted by molar-refractivity contribution is -0.150. The molecule has 1 atom stereocenters. The molecule has 0 spiro atoms. The average Bonchev–Trinajstić information content (AvgIpc) is 3.22. The number of rotatable bonds is 12. The molecule has 1 aliphatic carbocycles. The molecule has 0 saturated heterocycles. The van der Waals surface area contributed by atoms with E-state index in [-0.39, 0.29) is 0 Å². The zero-order valence-corrected chi connectivity index (χ0v) is 12.5. The predicted molar refractivity (Wildman–Crippen MR) is 79.1 cm³/mol. The highest BCUT2D eigenvalue weighted by atomic mass is 16.4. The smallest absolute Gasteiger partial charge is 0.311 e. The standard InChI is InChI=1S/C16H31NO2/c1-2-3-4-5-6-7-8-9-12-16(13-17,15(18)19)14-10-11-14/h14H,2-13,17H2,1H3,(H,18,19). The molecule has 0 heterocycles. The Morgan fingerprint density at radius 2 is 1.63 bits per heavy atom. The van der Waals surface area contributed by atoms with Crippen molar-refractivity contribution in [2.45, 2.75) is 77.6 Å². The fourth-order valence-electron chi connectivity index (χ4n) is 3.05. The number of hydrogen-bond donors (Lipinski definition) is 2. The first-order chi connectivity index (χ1) is 9.17. The maximum absolute atomic E-state index is 11.5. The second-order valence-electron chi connectivity index (χ2n) is 6.16. The second-order valence-corrected chi connectivity index (χ2v) is 6.16. The summed E-state index contributed by atoms with van der Waals surface area (Å²) < 4.78 is 0. The summed E-state index contributed by atoms with van der Waals surface area (Å²) >= 11 is 0. The van der Waals surface area contributed by atoms with Crippen LogP contribution in [-0.2, 0) is 4.79 Å². The van der Waals surface area contributed by atoms with Crippen LogP contribution >= 0.6 is 0 Å². The lowest BCUT2D eigenvalue weighted by atomic mass is 9.78. The minimum absolute atomic E-state index is 0.309. The molecule has 0 radical (unpaired) electrons. The van der Waals surface area contributed by atoms with E-state index in [0.29, 0.717) is 12.5 Å². The molecule has 3 N–H and O–H groups in total. The summed E-state index contributed by atoms with van der Waals surface area (Å²) in [4.78, 5) is 11.5. The van der Waals surface area contributed by atoms with Gasteiger partial charge < -0.3 is 10.8 Å². The number of carboxylic acids is 1. The second kappa shape index (κ2) is 8.57. The molecule has 0 aliphatic heterocycles. The van der Waals surface area contributed by atoms with Gasteiger partial charge in [0.15, 0.2) is 0 Å². The van der Waals surface area contributed by atoms with Crippen molar-refractivity contribution in [1.29, 1.82) is 0 Å². The van der Waals surface area contributed by atoms with Gasteiger partial charge in [0.2, 0.25) is 0 Å². The van der Waals surface area contributed by atoms with E-state index < -0.39 is 11.4 Å². The highest BCUT2D eigenvalue weighted by Gasteiger charge is 2.49. The predicted octanol–water partition coefficient (Wildman–Crippen LogP) is 3.96. The maximum atomic E-state index is 11.5. The van der Waals surface area contributed by atoms with Crippen molar-refractivity contribution in [3.8, 4) is 0 Å². The van der Waals surface area contributed by atoms with E-state index in [9.17, 15) is 9.90 Å². The first-order valence-corrected chi connectivity index (χ1v) is 8.11. The fraction of sp³-hybridized carbons (Fsp3) is 0.938. The number of unbranched alkanes of at least 4 members (excludes halogenated alkanes) is 7. The van der Waals surface area contributed by atoms with Crippen LogP contribution < -0.4 is 5.73 Å². The molecule has 0 amide bonds. The number of hydrogen-bond acceptors (Lipinski definition) is 2. The Kier molecular flexibility index (Phi) is 7.44. The summed E-state index contributed by atoms with van der Waals surface area (Å²) in [7, 11) is 0. The van der Waals surface area contributed by atoms with E-state index in [1.54, 1.807) is 0 Å². The first kappa shape index (κ1) is 16.5. The molecule has 19 heavy (non-hydrogen) atoms. The molecule has 112 valence electrons. The highest BCUT2D eigenvalue weighted by molar-refractivity contribution is 5.75. The number of carbonyl (C=O) groups is 1. The van der Waals surface area contributed by atoms with Crippen LogP contribution in [0, 0.1) is 11.3 Å². The van der Waals surface area contributed by atoms with Crippen molar-refractivity contribution in [1.82, 2.24) is 0 Å². The number of nitrogens with two attached hydrogens (primary N) is 1. The van der Waals surface area contributed by atoms with Gasteiger partial charge in [-0.15, -0.1) is 0 Å². The van der Waals surface area contributed by atoms with Crippen LogP contribution in [0.5, 0.6) is 0 Å². The summed E-state index contributed by atoms with van der Waals surface area (Å²) in [5.74, 6) is -0.319. The van der Waals surface area contributed by atoms with E-state index in [1.165, 1.54) is 38.5 Å². The monoisotopic (exact) mass is 269 g/mol. The van der Waals surface area contributed by atoms with Crippen LogP contribution in [0.3, 0.4) is 0 Å². The van der Waals surface area contributed by atoms with Crippen LogP contribution in [0.25, 0.3) is 0 Å². The molecule has 1 saturated carbocycles. The molecule has 0 aromatic rings. The van der Waals surface area contributed by atoms with Crippen LogP contribution in [0.15, 0.2) is 0 Å². The summed E-state index contributed by atoms with van der Waals surface area (Å²) in [5, 5.41) is 9.45.